The van der Waals surface area contributed by atoms with E-state index in [1.807, 2.05) is 6.92 Å². The molecule has 4 rings (SSSR count). The normalized spacial score (nSPS) is 13.4. The Kier molecular flexibility index (Phi) is 9.60. The van der Waals surface area contributed by atoms with Gasteiger partial charge in [-0.2, -0.15) is 13.2 Å². The number of pyridine rings is 1. The number of hydrogen-bond donors (Lipinski definition) is 0. The second-order valence-corrected chi connectivity index (χ2v) is 10.1. The minimum atomic E-state index is -4.51. The number of benzene rings is 2. The Hall–Kier alpha value is -4.27. The van der Waals surface area contributed by atoms with E-state index >= 15 is 0 Å². The second kappa shape index (κ2) is 13.1. The lowest BCUT2D eigenvalue weighted by atomic mass is 9.95. The van der Waals surface area contributed by atoms with Crippen molar-refractivity contribution in [2.45, 2.75) is 59.2 Å². The summed E-state index contributed by atoms with van der Waals surface area (Å²) in [6.07, 6.45) is 4.26. The van der Waals surface area contributed by atoms with Crippen molar-refractivity contribution in [3.63, 3.8) is 0 Å². The summed E-state index contributed by atoms with van der Waals surface area (Å²) < 4.78 is 63.2. The summed E-state index contributed by atoms with van der Waals surface area (Å²) in [4.78, 5) is 22.0. The highest BCUT2D eigenvalue weighted by atomic mass is 19.4. The average Bonchev–Trinajstić information content (AvgIpc) is 3.38. The highest BCUT2D eigenvalue weighted by Crippen LogP contribution is 2.36. The highest BCUT2D eigenvalue weighted by Gasteiger charge is 2.34. The summed E-state index contributed by atoms with van der Waals surface area (Å²) in [7, 11) is 0. The summed E-state index contributed by atoms with van der Waals surface area (Å²) in [6.45, 7) is 7.16. The molecule has 42 heavy (non-hydrogen) atoms. The molecule has 0 aromatic heterocycles. The first-order valence-corrected chi connectivity index (χ1v) is 13.9. The number of fused-ring (bicyclic) bond motifs is 1. The molecule has 0 saturated heterocycles. The maximum absolute atomic E-state index is 14.3. The van der Waals surface area contributed by atoms with E-state index < -0.39 is 29.6 Å². The number of imidazole rings is 1. The molecule has 0 spiro atoms. The van der Waals surface area contributed by atoms with E-state index in [1.54, 1.807) is 80.2 Å². The Labute approximate surface area is 242 Å². The van der Waals surface area contributed by atoms with E-state index in [1.165, 1.54) is 18.2 Å². The summed E-state index contributed by atoms with van der Waals surface area (Å²) in [5, 5.41) is 0. The van der Waals surface area contributed by atoms with Crippen molar-refractivity contribution in [2.75, 3.05) is 6.61 Å². The smallest absolute Gasteiger partial charge is 0.417 e. The van der Waals surface area contributed by atoms with Crippen LogP contribution in [0.2, 0.25) is 0 Å². The lowest BCUT2D eigenvalue weighted by molar-refractivity contribution is -0.146. The molecule has 5 nitrogen and oxygen atoms in total. The van der Waals surface area contributed by atoms with E-state index in [0.29, 0.717) is 34.5 Å². The molecule has 1 atom stereocenters. The second-order valence-electron chi connectivity index (χ2n) is 10.1. The zero-order valence-corrected chi connectivity index (χ0v) is 24.0. The number of aryl methyl sites for hydroxylation is 1. The molecule has 2 aromatic carbocycles. The Morgan fingerprint density at radius 1 is 1.02 bits per heavy atom. The lowest BCUT2D eigenvalue weighted by Gasteiger charge is -2.20. The number of ether oxygens (including phenoxy) is 1. The maximum atomic E-state index is 14.3. The zero-order chi connectivity index (χ0) is 30.4. The summed E-state index contributed by atoms with van der Waals surface area (Å²) in [5.41, 5.74) is 2.22. The van der Waals surface area contributed by atoms with Gasteiger partial charge in [-0.3, -0.25) is 0 Å². The van der Waals surface area contributed by atoms with Gasteiger partial charge in [-0.25, -0.2) is 19.2 Å². The first kappa shape index (κ1) is 30.7. The van der Waals surface area contributed by atoms with Crippen LogP contribution in [0.4, 0.5) is 17.6 Å². The number of nitrogens with zero attached hydrogens (tertiary/aromatic N) is 3. The number of hydrogen-bond acceptors (Lipinski definition) is 4. The molecule has 220 valence electrons. The van der Waals surface area contributed by atoms with Gasteiger partial charge in [-0.05, 0) is 80.2 Å². The molecule has 2 aromatic rings. The van der Waals surface area contributed by atoms with Crippen molar-refractivity contribution in [1.82, 2.24) is 14.5 Å². The van der Waals surface area contributed by atoms with Crippen LogP contribution >= 0.6 is 0 Å². The fraction of sp³-hybridized carbons (Fsp3) is 0.303. The van der Waals surface area contributed by atoms with Crippen LogP contribution in [0.1, 0.15) is 63.3 Å². The molecule has 2 aliphatic rings. The van der Waals surface area contributed by atoms with Crippen LogP contribution in [0.5, 0.6) is 0 Å². The molecule has 0 radical (unpaired) electrons. The third kappa shape index (κ3) is 6.95. The topological polar surface area (TPSA) is 57.0 Å². The largest absolute Gasteiger partial charge is 0.464 e. The summed E-state index contributed by atoms with van der Waals surface area (Å²) >= 11 is 0. The van der Waals surface area contributed by atoms with Gasteiger partial charge in [0.2, 0.25) is 0 Å². The standard InChI is InChI=1S/C33H33F4N3O2/c1-5-7-10-23-15-16-24(26(19-23)33(35,36)37)21(3)13-14-22(4)30(32(41)42-6-2)40-18-17-28-29(20-40)39-31(38-28)25-11-8-9-12-27(25)34/h8-9,11-20,30H,5-7,10H2,1-4H3/b21-13+,22-14+. The van der Waals surface area contributed by atoms with Gasteiger partial charge in [0.25, 0.3) is 0 Å². The molecule has 0 N–H and O–H groups in total. The van der Waals surface area contributed by atoms with Crippen LogP contribution in [-0.2, 0) is 22.1 Å². The first-order chi connectivity index (χ1) is 20.0. The quantitative estimate of drug-likeness (QED) is 0.107. The lowest BCUT2D eigenvalue weighted by Crippen LogP contribution is -2.23. The third-order valence-corrected chi connectivity index (χ3v) is 6.97. The van der Waals surface area contributed by atoms with Gasteiger partial charge in [0, 0.05) is 12.4 Å². The molecule has 0 aliphatic carbocycles. The SMILES string of the molecule is CCCCc1ccc(/C(C)=C/C=C(\C)C(C(=O)OCC)n2ccc3nc(-c4ccccc4F)nc-3c2)c(C(F)(F)F)c1. The maximum Gasteiger partial charge on any atom is 0.417 e. The minimum absolute atomic E-state index is 0.0845. The van der Waals surface area contributed by atoms with Crippen LogP contribution in [0.3, 0.4) is 0 Å². The average molecular weight is 580 g/mol. The number of esters is 1. The zero-order valence-electron chi connectivity index (χ0n) is 24.0. The molecule has 0 fully saturated rings. The number of alkyl halides is 3. The van der Waals surface area contributed by atoms with Crippen LogP contribution in [-0.4, -0.2) is 27.1 Å². The highest BCUT2D eigenvalue weighted by molar-refractivity contribution is 5.79. The molecular formula is C33H33F4N3O2. The van der Waals surface area contributed by atoms with Crippen molar-refractivity contribution < 1.29 is 27.1 Å². The minimum Gasteiger partial charge on any atom is -0.464 e. The number of carbonyl (C=O) groups is 1. The molecule has 1 unspecified atom stereocenters. The Morgan fingerprint density at radius 3 is 2.45 bits per heavy atom. The van der Waals surface area contributed by atoms with E-state index in [4.69, 9.17) is 4.74 Å². The van der Waals surface area contributed by atoms with Gasteiger partial charge in [0.15, 0.2) is 11.9 Å². The van der Waals surface area contributed by atoms with E-state index in [2.05, 4.69) is 9.97 Å². The van der Waals surface area contributed by atoms with Gasteiger partial charge >= 0.3 is 12.1 Å². The van der Waals surface area contributed by atoms with Crippen LogP contribution in [0.15, 0.2) is 78.6 Å². The fourth-order valence-electron chi connectivity index (χ4n) is 4.76. The molecule has 0 bridgehead atoms. The van der Waals surface area contributed by atoms with Crippen LogP contribution in [0, 0.1) is 5.82 Å². The van der Waals surface area contributed by atoms with Gasteiger partial charge < -0.3 is 9.30 Å². The number of unbranched alkanes of at least 4 members (excludes halogenated alkanes) is 1. The molecule has 2 aliphatic heterocycles. The van der Waals surface area contributed by atoms with E-state index in [0.717, 1.165) is 12.8 Å². The van der Waals surface area contributed by atoms with E-state index in [9.17, 15) is 22.4 Å². The summed E-state index contributed by atoms with van der Waals surface area (Å²) in [5.74, 6) is -0.761. The van der Waals surface area contributed by atoms with Gasteiger partial charge in [0.1, 0.15) is 11.5 Å². The molecule has 0 saturated carbocycles. The van der Waals surface area contributed by atoms with Crippen molar-refractivity contribution in [2.24, 2.45) is 0 Å². The van der Waals surface area contributed by atoms with Crippen molar-refractivity contribution in [1.29, 1.82) is 0 Å². The predicted octanol–water partition coefficient (Wildman–Crippen LogP) is 8.70. The van der Waals surface area contributed by atoms with Crippen molar-refractivity contribution in [3.8, 4) is 22.8 Å². The van der Waals surface area contributed by atoms with E-state index in [-0.39, 0.29) is 23.6 Å². The first-order valence-electron chi connectivity index (χ1n) is 13.9. The van der Waals surface area contributed by atoms with Crippen molar-refractivity contribution >= 4 is 11.5 Å². The van der Waals surface area contributed by atoms with Gasteiger partial charge in [-0.1, -0.05) is 49.8 Å². The molecular weight excluding hydrogens is 546 g/mol. The summed E-state index contributed by atoms with van der Waals surface area (Å²) in [6, 6.07) is 11.4. The number of halogens is 4. The van der Waals surface area contributed by atoms with Gasteiger partial charge in [-0.15, -0.1) is 0 Å². The number of rotatable bonds is 10. The van der Waals surface area contributed by atoms with Crippen molar-refractivity contribution in [3.05, 3.63) is 101 Å². The van der Waals surface area contributed by atoms with Crippen LogP contribution in [0.25, 0.3) is 28.3 Å². The third-order valence-electron chi connectivity index (χ3n) is 6.97. The molecule has 2 heterocycles. The Balaban J connectivity index is 1.70. The van der Waals surface area contributed by atoms with Gasteiger partial charge in [0.05, 0.1) is 23.4 Å². The molecule has 0 amide bonds. The predicted molar refractivity (Wildman–Crippen MR) is 155 cm³/mol. The Bertz CT molecular complexity index is 1590. The Morgan fingerprint density at radius 2 is 1.76 bits per heavy atom. The number of carbonyl (C=O) groups excluding carboxylic acids is 1. The molecule has 9 heteroatoms. The monoisotopic (exact) mass is 579 g/mol. The number of allylic oxidation sites excluding steroid dienone is 3. The number of aromatic nitrogens is 3. The van der Waals surface area contributed by atoms with Crippen LogP contribution < -0.4 is 0 Å². The fourth-order valence-corrected chi connectivity index (χ4v) is 4.76.